The molecule has 4 nitrogen and oxygen atoms in total. The fourth-order valence-corrected chi connectivity index (χ4v) is 5.59. The third-order valence-corrected chi connectivity index (χ3v) is 7.56. The minimum atomic E-state index is -4.57. The Kier molecular flexibility index (Phi) is 7.44. The summed E-state index contributed by atoms with van der Waals surface area (Å²) in [6.45, 7) is 0. The molecule has 36 heavy (non-hydrogen) atoms. The van der Waals surface area contributed by atoms with Crippen LogP contribution < -0.4 is 10.6 Å². The van der Waals surface area contributed by atoms with Crippen LogP contribution >= 0.6 is 0 Å². The summed E-state index contributed by atoms with van der Waals surface area (Å²) in [5.41, 5.74) is 2.95. The van der Waals surface area contributed by atoms with Gasteiger partial charge in [0.05, 0.1) is 0 Å². The van der Waals surface area contributed by atoms with Crippen LogP contribution in [0.15, 0.2) is 54.7 Å². The Morgan fingerprint density at radius 3 is 1.97 bits per heavy atom. The number of hydrogen-bond acceptors (Lipinski definition) is 4. The molecule has 7 heteroatoms. The molecule has 0 bridgehead atoms. The molecule has 0 spiro atoms. The normalized spacial score (nSPS) is 17.6. The molecule has 0 atom stereocenters. The smallest absolute Gasteiger partial charge is 0.340 e. The van der Waals surface area contributed by atoms with E-state index >= 15 is 0 Å². The average molecular weight is 495 g/mol. The second kappa shape index (κ2) is 10.9. The number of halogens is 3. The fraction of sp³-hybridized carbons (Fsp3) is 0.448. The van der Waals surface area contributed by atoms with E-state index in [0.717, 1.165) is 24.7 Å². The summed E-state index contributed by atoms with van der Waals surface area (Å²) in [4.78, 5) is 8.19. The predicted octanol–water partition coefficient (Wildman–Crippen LogP) is 9.08. The first kappa shape index (κ1) is 24.6. The lowest BCUT2D eigenvalue weighted by atomic mass is 9.84. The van der Waals surface area contributed by atoms with Gasteiger partial charge in [-0.1, -0.05) is 62.8 Å². The number of rotatable bonds is 6. The maximum Gasteiger partial charge on any atom is 0.421 e. The second-order valence-electron chi connectivity index (χ2n) is 10.1. The molecular formula is C29H33F3N4. The monoisotopic (exact) mass is 494 g/mol. The first-order valence-corrected chi connectivity index (χ1v) is 13.1. The average Bonchev–Trinajstić information content (AvgIpc) is 2.90. The Morgan fingerprint density at radius 1 is 0.694 bits per heavy atom. The molecule has 0 amide bonds. The van der Waals surface area contributed by atoms with Crippen molar-refractivity contribution < 1.29 is 13.2 Å². The Morgan fingerprint density at radius 2 is 1.33 bits per heavy atom. The van der Waals surface area contributed by atoms with E-state index in [0.29, 0.717) is 17.5 Å². The summed E-state index contributed by atoms with van der Waals surface area (Å²) in [6.07, 6.45) is 8.45. The molecule has 0 aliphatic heterocycles. The van der Waals surface area contributed by atoms with Crippen molar-refractivity contribution in [2.24, 2.45) is 0 Å². The van der Waals surface area contributed by atoms with Crippen molar-refractivity contribution in [2.45, 2.75) is 82.2 Å². The third-order valence-electron chi connectivity index (χ3n) is 7.56. The zero-order chi connectivity index (χ0) is 25.0. The summed E-state index contributed by atoms with van der Waals surface area (Å²) in [5, 5.41) is 6.00. The number of aromatic nitrogens is 2. The van der Waals surface area contributed by atoms with Crippen LogP contribution in [-0.2, 0) is 6.18 Å². The van der Waals surface area contributed by atoms with Crippen LogP contribution in [0.5, 0.6) is 0 Å². The second-order valence-corrected chi connectivity index (χ2v) is 10.1. The highest BCUT2D eigenvalue weighted by Crippen LogP contribution is 2.38. The molecule has 2 saturated carbocycles. The van der Waals surface area contributed by atoms with Crippen LogP contribution in [0.2, 0.25) is 0 Å². The van der Waals surface area contributed by atoms with E-state index in [2.05, 4.69) is 38.8 Å². The van der Waals surface area contributed by atoms with E-state index in [-0.39, 0.29) is 11.8 Å². The van der Waals surface area contributed by atoms with Crippen LogP contribution in [0.25, 0.3) is 0 Å². The molecule has 2 fully saturated rings. The number of nitrogens with one attached hydrogen (secondary N) is 2. The van der Waals surface area contributed by atoms with Gasteiger partial charge in [0.25, 0.3) is 0 Å². The van der Waals surface area contributed by atoms with E-state index in [1.54, 1.807) is 6.07 Å². The zero-order valence-electron chi connectivity index (χ0n) is 20.5. The highest BCUT2D eigenvalue weighted by atomic mass is 19.4. The van der Waals surface area contributed by atoms with Crippen molar-refractivity contribution in [1.82, 2.24) is 9.97 Å². The standard InChI is InChI=1S/C29H33F3N4/c30-29(31,32)26-19-33-28(35-24-16-14-22(15-17-24)20-8-3-1-4-9-20)36-27(26)34-25-13-7-12-23(18-25)21-10-5-2-6-11-21/h7,12-21H,1-6,8-11H2,(H2,33,34,35,36). The maximum absolute atomic E-state index is 13.8. The predicted molar refractivity (Wildman–Crippen MR) is 138 cm³/mol. The van der Waals surface area contributed by atoms with E-state index in [9.17, 15) is 13.2 Å². The van der Waals surface area contributed by atoms with Crippen molar-refractivity contribution in [2.75, 3.05) is 10.6 Å². The Bertz CT molecular complexity index is 1150. The molecule has 2 aromatic carbocycles. The SMILES string of the molecule is FC(F)(F)c1cnc(Nc2ccc(C3CCCCC3)cc2)nc1Nc1cccc(C2CCCCC2)c1. The van der Waals surface area contributed by atoms with Gasteiger partial charge in [0, 0.05) is 17.6 Å². The van der Waals surface area contributed by atoms with Crippen LogP contribution in [0, 0.1) is 0 Å². The van der Waals surface area contributed by atoms with E-state index in [1.807, 2.05) is 24.3 Å². The number of benzene rings is 2. The highest BCUT2D eigenvalue weighted by molar-refractivity contribution is 5.63. The molecule has 2 N–H and O–H groups in total. The molecule has 5 rings (SSSR count). The van der Waals surface area contributed by atoms with Gasteiger partial charge in [-0.05, 0) is 72.9 Å². The van der Waals surface area contributed by atoms with Crippen LogP contribution in [0.4, 0.5) is 36.3 Å². The number of alkyl halides is 3. The van der Waals surface area contributed by atoms with Gasteiger partial charge in [0.15, 0.2) is 0 Å². The molecular weight excluding hydrogens is 461 g/mol. The third kappa shape index (κ3) is 6.00. The maximum atomic E-state index is 13.8. The molecule has 0 radical (unpaired) electrons. The van der Waals surface area contributed by atoms with E-state index < -0.39 is 11.7 Å². The summed E-state index contributed by atoms with van der Waals surface area (Å²) < 4.78 is 41.3. The zero-order valence-corrected chi connectivity index (χ0v) is 20.5. The minimum Gasteiger partial charge on any atom is -0.340 e. The lowest BCUT2D eigenvalue weighted by Gasteiger charge is -2.23. The summed E-state index contributed by atoms with van der Waals surface area (Å²) in [5.74, 6) is 0.927. The Labute approximate surface area is 210 Å². The largest absolute Gasteiger partial charge is 0.421 e. The van der Waals surface area contributed by atoms with Crippen molar-refractivity contribution in [3.63, 3.8) is 0 Å². The number of nitrogens with zero attached hydrogens (tertiary/aromatic N) is 2. The first-order valence-electron chi connectivity index (χ1n) is 13.1. The summed E-state index contributed by atoms with van der Waals surface area (Å²) in [7, 11) is 0. The minimum absolute atomic E-state index is 0.124. The fourth-order valence-electron chi connectivity index (χ4n) is 5.59. The topological polar surface area (TPSA) is 49.8 Å². The number of anilines is 4. The molecule has 2 aliphatic carbocycles. The van der Waals surface area contributed by atoms with E-state index in [4.69, 9.17) is 0 Å². The van der Waals surface area contributed by atoms with Gasteiger partial charge in [-0.25, -0.2) is 4.98 Å². The molecule has 0 saturated heterocycles. The van der Waals surface area contributed by atoms with Crippen molar-refractivity contribution in [3.8, 4) is 0 Å². The highest BCUT2D eigenvalue weighted by Gasteiger charge is 2.35. The molecule has 0 unspecified atom stereocenters. The van der Waals surface area contributed by atoms with E-state index in [1.165, 1.54) is 62.5 Å². The molecule has 3 aromatic rings. The summed E-state index contributed by atoms with van der Waals surface area (Å²) in [6, 6.07) is 15.8. The Hall–Kier alpha value is -3.09. The van der Waals surface area contributed by atoms with Gasteiger partial charge in [-0.2, -0.15) is 18.2 Å². The summed E-state index contributed by atoms with van der Waals surface area (Å²) >= 11 is 0. The molecule has 190 valence electrons. The van der Waals surface area contributed by atoms with Crippen molar-refractivity contribution in [3.05, 3.63) is 71.4 Å². The van der Waals surface area contributed by atoms with Gasteiger partial charge in [-0.15, -0.1) is 0 Å². The lowest BCUT2D eigenvalue weighted by Crippen LogP contribution is -2.13. The van der Waals surface area contributed by atoms with Gasteiger partial charge < -0.3 is 10.6 Å². The van der Waals surface area contributed by atoms with Crippen LogP contribution in [0.3, 0.4) is 0 Å². The lowest BCUT2D eigenvalue weighted by molar-refractivity contribution is -0.137. The van der Waals surface area contributed by atoms with Crippen LogP contribution in [0.1, 0.15) is 92.7 Å². The molecule has 1 heterocycles. The van der Waals surface area contributed by atoms with Gasteiger partial charge >= 0.3 is 6.18 Å². The van der Waals surface area contributed by atoms with Gasteiger partial charge in [-0.3, -0.25) is 0 Å². The van der Waals surface area contributed by atoms with Crippen LogP contribution in [-0.4, -0.2) is 9.97 Å². The van der Waals surface area contributed by atoms with Crippen molar-refractivity contribution in [1.29, 1.82) is 0 Å². The first-order chi connectivity index (χ1) is 17.5. The van der Waals surface area contributed by atoms with Gasteiger partial charge in [0.1, 0.15) is 11.4 Å². The van der Waals surface area contributed by atoms with Crippen molar-refractivity contribution >= 4 is 23.1 Å². The molecule has 1 aromatic heterocycles. The quantitative estimate of drug-likeness (QED) is 0.359. The van der Waals surface area contributed by atoms with Gasteiger partial charge in [0.2, 0.25) is 5.95 Å². The number of hydrogen-bond donors (Lipinski definition) is 2. The molecule has 2 aliphatic rings. The Balaban J connectivity index is 1.35.